The van der Waals surface area contributed by atoms with E-state index >= 15 is 0 Å². The van der Waals surface area contributed by atoms with Gasteiger partial charge in [-0.1, -0.05) is 33.4 Å². The van der Waals surface area contributed by atoms with E-state index in [9.17, 15) is 14.4 Å². The van der Waals surface area contributed by atoms with Crippen LogP contribution in [0.3, 0.4) is 0 Å². The van der Waals surface area contributed by atoms with Gasteiger partial charge in [0.15, 0.2) is 0 Å². The van der Waals surface area contributed by atoms with E-state index in [-0.39, 0.29) is 37.4 Å². The number of aromatic nitrogens is 1. The van der Waals surface area contributed by atoms with Crippen molar-refractivity contribution in [3.63, 3.8) is 0 Å². The smallest absolute Gasteiger partial charge is 0.328 e. The number of nitrogens with zero attached hydrogens (tertiary/aromatic N) is 2. The van der Waals surface area contributed by atoms with Crippen molar-refractivity contribution in [3.8, 4) is 11.5 Å². The Morgan fingerprint density at radius 3 is 2.58 bits per heavy atom. The van der Waals surface area contributed by atoms with Crippen LogP contribution in [0, 0.1) is 17.3 Å². The maximum atomic E-state index is 14.2. The molecule has 9 nitrogen and oxygen atoms in total. The van der Waals surface area contributed by atoms with Crippen molar-refractivity contribution in [2.75, 3.05) is 20.8 Å². The number of benzene rings is 1. The number of allylic oxidation sites excluding steroid dienone is 1. The highest BCUT2D eigenvalue weighted by Gasteiger charge is 2.46. The van der Waals surface area contributed by atoms with Crippen LogP contribution in [-0.2, 0) is 23.9 Å². The zero-order chi connectivity index (χ0) is 32.7. The zero-order valence-corrected chi connectivity index (χ0v) is 27.4. The Labute approximate surface area is 266 Å². The van der Waals surface area contributed by atoms with Crippen molar-refractivity contribution in [2.45, 2.75) is 90.4 Å². The normalized spacial score (nSPS) is 22.1. The van der Waals surface area contributed by atoms with Crippen molar-refractivity contribution in [1.29, 1.82) is 0 Å². The minimum atomic E-state index is -0.849. The van der Waals surface area contributed by atoms with Gasteiger partial charge in [-0.15, -0.1) is 6.58 Å². The van der Waals surface area contributed by atoms with Gasteiger partial charge < -0.3 is 23.8 Å². The van der Waals surface area contributed by atoms with Crippen LogP contribution in [0.2, 0.25) is 0 Å². The summed E-state index contributed by atoms with van der Waals surface area (Å²) in [4.78, 5) is 46.6. The number of hydrogen-bond acceptors (Lipinski definition) is 8. The molecule has 1 aromatic carbocycles. The maximum Gasteiger partial charge on any atom is 0.328 e. The van der Waals surface area contributed by atoms with Gasteiger partial charge in [0.05, 0.1) is 38.6 Å². The van der Waals surface area contributed by atoms with E-state index in [0.717, 1.165) is 49.4 Å². The molecule has 0 radical (unpaired) electrons. The fraction of sp³-hybridized carbons (Fsp3) is 0.556. The second-order valence-corrected chi connectivity index (χ2v) is 13.2. The number of amides is 1. The number of ether oxygens (including phenoxy) is 4. The fourth-order valence-corrected chi connectivity index (χ4v) is 6.54. The third-order valence-electron chi connectivity index (χ3n) is 9.09. The number of fused-ring (bicyclic) bond motifs is 1. The molecule has 2 aliphatic rings. The molecule has 2 aromatic rings. The molecular weight excluding hydrogens is 572 g/mol. The molecule has 1 amide bonds. The molecule has 0 spiro atoms. The zero-order valence-electron chi connectivity index (χ0n) is 27.4. The molecule has 0 unspecified atom stereocenters. The highest BCUT2D eigenvalue weighted by Crippen LogP contribution is 2.37. The van der Waals surface area contributed by atoms with Gasteiger partial charge in [0.25, 0.3) is 0 Å². The quantitative estimate of drug-likeness (QED) is 0.142. The van der Waals surface area contributed by atoms with Gasteiger partial charge >= 0.3 is 11.9 Å². The summed E-state index contributed by atoms with van der Waals surface area (Å²) in [5.41, 5.74) is 0.748. The average molecular weight is 621 g/mol. The largest absolute Gasteiger partial charge is 0.497 e. The van der Waals surface area contributed by atoms with Crippen LogP contribution in [0.15, 0.2) is 43.5 Å². The standard InChI is InChI=1S/C36H48N2O7/c1-8-10-11-13-23-14-12-15-31(23)45-33(39)21-27(36(3,4)5)34(40)38-22-26(20-30(38)35(41)43-7)44-32-19-24-18-25(42-6)16-17-29(24)37-28(32)9-2/h8-9,16-19,23,26-27,30-31H,1-2,10-15,20-22H2,3-7H3/t23-,26-,27-,30+,31-/m1/s1. The summed E-state index contributed by atoms with van der Waals surface area (Å²) in [5, 5.41) is 0.821. The number of esters is 2. The molecule has 0 N–H and O–H groups in total. The van der Waals surface area contributed by atoms with Crippen molar-refractivity contribution in [3.05, 3.63) is 49.2 Å². The Balaban J connectivity index is 1.51. The Morgan fingerprint density at radius 2 is 1.91 bits per heavy atom. The number of likely N-dealkylation sites (tertiary alicyclic amines) is 1. The molecule has 0 bridgehead atoms. The van der Waals surface area contributed by atoms with Crippen molar-refractivity contribution >= 4 is 34.8 Å². The minimum Gasteiger partial charge on any atom is -0.497 e. The summed E-state index contributed by atoms with van der Waals surface area (Å²) in [6, 6.07) is 6.58. The van der Waals surface area contributed by atoms with Gasteiger partial charge in [0.1, 0.15) is 35.4 Å². The molecule has 4 rings (SSSR count). The first kappa shape index (κ1) is 34.0. The monoisotopic (exact) mass is 620 g/mol. The number of unbranched alkanes of at least 4 members (excludes halogenated alkanes) is 1. The predicted octanol–water partition coefficient (Wildman–Crippen LogP) is 6.53. The molecule has 1 aliphatic heterocycles. The molecule has 1 aliphatic carbocycles. The average Bonchev–Trinajstić information content (AvgIpc) is 3.64. The molecule has 9 heteroatoms. The van der Waals surface area contributed by atoms with Crippen LogP contribution in [0.5, 0.6) is 11.5 Å². The van der Waals surface area contributed by atoms with Crippen LogP contribution in [0.1, 0.15) is 77.8 Å². The summed E-state index contributed by atoms with van der Waals surface area (Å²) in [6.07, 6.45) is 8.95. The second-order valence-electron chi connectivity index (χ2n) is 13.2. The van der Waals surface area contributed by atoms with Gasteiger partial charge in [0, 0.05) is 11.8 Å². The summed E-state index contributed by atoms with van der Waals surface area (Å²) in [6.45, 7) is 13.6. The van der Waals surface area contributed by atoms with E-state index < -0.39 is 29.4 Å². The molecule has 2 fully saturated rings. The van der Waals surface area contributed by atoms with Crippen LogP contribution < -0.4 is 9.47 Å². The topological polar surface area (TPSA) is 104 Å². The van der Waals surface area contributed by atoms with Crippen LogP contribution >= 0.6 is 0 Å². The van der Waals surface area contributed by atoms with E-state index in [2.05, 4.69) is 18.1 Å². The van der Waals surface area contributed by atoms with Crippen molar-refractivity contribution in [2.24, 2.45) is 17.3 Å². The molecular formula is C36H48N2O7. The highest BCUT2D eigenvalue weighted by atomic mass is 16.5. The van der Waals surface area contributed by atoms with Gasteiger partial charge in [-0.05, 0) is 80.2 Å². The Hall–Kier alpha value is -3.88. The lowest BCUT2D eigenvalue weighted by molar-refractivity contribution is -0.159. The van der Waals surface area contributed by atoms with Crippen LogP contribution in [0.25, 0.3) is 17.0 Å². The Kier molecular flexibility index (Phi) is 11.3. The maximum absolute atomic E-state index is 14.2. The summed E-state index contributed by atoms with van der Waals surface area (Å²) >= 11 is 0. The van der Waals surface area contributed by atoms with E-state index in [0.29, 0.717) is 23.1 Å². The van der Waals surface area contributed by atoms with E-state index in [4.69, 9.17) is 18.9 Å². The van der Waals surface area contributed by atoms with Gasteiger partial charge in [-0.25, -0.2) is 9.78 Å². The number of pyridine rings is 1. The SMILES string of the molecule is C=CCCC[C@@H]1CCC[C@H]1OC(=O)C[C@H](C(=O)N1C[C@H](Oc2cc3cc(OC)ccc3nc2C=C)C[C@H]1C(=O)OC)C(C)(C)C. The first-order chi connectivity index (χ1) is 21.5. The van der Waals surface area contributed by atoms with Crippen molar-refractivity contribution in [1.82, 2.24) is 9.88 Å². The molecule has 2 heterocycles. The van der Waals surface area contributed by atoms with E-state index in [1.165, 1.54) is 12.0 Å². The number of carbonyl (C=O) groups excluding carboxylic acids is 3. The molecule has 1 aromatic heterocycles. The summed E-state index contributed by atoms with van der Waals surface area (Å²) < 4.78 is 22.9. The molecule has 244 valence electrons. The number of methoxy groups -OCH3 is 2. The minimum absolute atomic E-state index is 0.0643. The third kappa shape index (κ3) is 8.24. The van der Waals surface area contributed by atoms with E-state index in [1.54, 1.807) is 13.2 Å². The molecule has 5 atom stereocenters. The van der Waals surface area contributed by atoms with Crippen LogP contribution in [0.4, 0.5) is 0 Å². The van der Waals surface area contributed by atoms with Crippen LogP contribution in [-0.4, -0.2) is 66.7 Å². The fourth-order valence-electron chi connectivity index (χ4n) is 6.54. The van der Waals surface area contributed by atoms with E-state index in [1.807, 2.05) is 51.1 Å². The van der Waals surface area contributed by atoms with Crippen molar-refractivity contribution < 1.29 is 33.3 Å². The lowest BCUT2D eigenvalue weighted by Crippen LogP contribution is -2.48. The third-order valence-corrected chi connectivity index (χ3v) is 9.09. The van der Waals surface area contributed by atoms with Gasteiger partial charge in [-0.3, -0.25) is 9.59 Å². The lowest BCUT2D eigenvalue weighted by Gasteiger charge is -2.34. The number of carbonyl (C=O) groups is 3. The number of hydrogen-bond donors (Lipinski definition) is 0. The molecule has 45 heavy (non-hydrogen) atoms. The molecule has 1 saturated carbocycles. The van der Waals surface area contributed by atoms with Gasteiger partial charge in [-0.2, -0.15) is 0 Å². The Bertz CT molecular complexity index is 1400. The Morgan fingerprint density at radius 1 is 1.13 bits per heavy atom. The lowest BCUT2D eigenvalue weighted by atomic mass is 9.77. The van der Waals surface area contributed by atoms with Gasteiger partial charge in [0.2, 0.25) is 5.91 Å². The first-order valence-electron chi connectivity index (χ1n) is 16.0. The summed E-state index contributed by atoms with van der Waals surface area (Å²) in [7, 11) is 2.91. The second kappa shape index (κ2) is 14.9. The first-order valence-corrected chi connectivity index (χ1v) is 16.0. The highest BCUT2D eigenvalue weighted by molar-refractivity contribution is 5.89. The number of rotatable bonds is 13. The predicted molar refractivity (Wildman–Crippen MR) is 174 cm³/mol. The summed E-state index contributed by atoms with van der Waals surface area (Å²) in [5.74, 6) is -0.377. The molecule has 1 saturated heterocycles.